The minimum Gasteiger partial charge on any atom is -0.497 e. The Balaban J connectivity index is 0.00000529. The molecule has 1 rings (SSSR count). The van der Waals surface area contributed by atoms with E-state index in [1.165, 1.54) is 0 Å². The fourth-order valence-corrected chi connectivity index (χ4v) is 2.08. The van der Waals surface area contributed by atoms with Crippen LogP contribution in [0.25, 0.3) is 0 Å². The number of aliphatic hydroxyl groups is 1. The van der Waals surface area contributed by atoms with Crippen molar-refractivity contribution in [2.75, 3.05) is 20.3 Å². The van der Waals surface area contributed by atoms with Gasteiger partial charge in [0.2, 0.25) is 0 Å². The van der Waals surface area contributed by atoms with Crippen LogP contribution < -0.4 is 14.8 Å². The van der Waals surface area contributed by atoms with Gasteiger partial charge in [0.1, 0.15) is 24.2 Å². The van der Waals surface area contributed by atoms with E-state index in [1.807, 2.05) is 27.7 Å². The highest BCUT2D eigenvalue weighted by Gasteiger charge is 2.16. The van der Waals surface area contributed by atoms with Gasteiger partial charge in [-0.05, 0) is 18.1 Å². The molecule has 0 radical (unpaired) electrons. The van der Waals surface area contributed by atoms with Gasteiger partial charge in [0.15, 0.2) is 5.78 Å². The van der Waals surface area contributed by atoms with Crippen molar-refractivity contribution in [1.29, 1.82) is 0 Å². The number of ether oxygens (including phenoxy) is 2. The first kappa shape index (κ1) is 22.7. The fourth-order valence-electron chi connectivity index (χ4n) is 2.08. The third-order valence-electron chi connectivity index (χ3n) is 3.28. The Morgan fingerprint density at radius 3 is 2.46 bits per heavy atom. The summed E-state index contributed by atoms with van der Waals surface area (Å²) in [6.45, 7) is 8.59. The van der Waals surface area contributed by atoms with Crippen molar-refractivity contribution in [2.45, 2.75) is 46.3 Å². The standard InChI is InChI=1S/C18H29NO4.ClH/c1-12(2)8-17(21)16-7-6-15(22-5)9-18(16)23-11-14(20)10-19-13(3)4;/h6-7,9,12-14,19-20H,8,10-11H2,1-5H3;1H. The summed E-state index contributed by atoms with van der Waals surface area (Å²) in [7, 11) is 1.57. The monoisotopic (exact) mass is 359 g/mol. The Morgan fingerprint density at radius 1 is 1.25 bits per heavy atom. The third kappa shape index (κ3) is 7.99. The lowest BCUT2D eigenvalue weighted by Crippen LogP contribution is -2.35. The number of rotatable bonds is 10. The molecule has 0 fully saturated rings. The van der Waals surface area contributed by atoms with Crippen molar-refractivity contribution < 1.29 is 19.4 Å². The largest absolute Gasteiger partial charge is 0.497 e. The lowest BCUT2D eigenvalue weighted by atomic mass is 10.0. The molecular formula is C18H30ClNO4. The first-order chi connectivity index (χ1) is 10.8. The van der Waals surface area contributed by atoms with Gasteiger partial charge in [-0.15, -0.1) is 12.4 Å². The second-order valence-electron chi connectivity index (χ2n) is 6.41. The molecule has 0 aliphatic rings. The molecule has 24 heavy (non-hydrogen) atoms. The first-order valence-electron chi connectivity index (χ1n) is 8.09. The summed E-state index contributed by atoms with van der Waals surface area (Å²) >= 11 is 0. The van der Waals surface area contributed by atoms with Crippen molar-refractivity contribution in [3.05, 3.63) is 23.8 Å². The van der Waals surface area contributed by atoms with Crippen LogP contribution in [-0.2, 0) is 0 Å². The van der Waals surface area contributed by atoms with Crippen LogP contribution in [0.15, 0.2) is 18.2 Å². The molecule has 0 saturated heterocycles. The fraction of sp³-hybridized carbons (Fsp3) is 0.611. The number of Topliss-reactive ketones (excluding diaryl/α,β-unsaturated/α-hetero) is 1. The number of carbonyl (C=O) groups is 1. The zero-order chi connectivity index (χ0) is 17.4. The maximum absolute atomic E-state index is 12.3. The Kier molecular flexibility index (Phi) is 10.7. The van der Waals surface area contributed by atoms with Crippen molar-refractivity contribution in [3.8, 4) is 11.5 Å². The summed E-state index contributed by atoms with van der Waals surface area (Å²) in [6, 6.07) is 5.45. The Hall–Kier alpha value is -1.30. The molecule has 0 aromatic heterocycles. The van der Waals surface area contributed by atoms with Crippen LogP contribution >= 0.6 is 12.4 Å². The van der Waals surface area contributed by atoms with E-state index in [4.69, 9.17) is 9.47 Å². The number of halogens is 1. The molecule has 5 nitrogen and oxygen atoms in total. The molecule has 0 bridgehead atoms. The molecule has 0 amide bonds. The van der Waals surface area contributed by atoms with Gasteiger partial charge in [-0.25, -0.2) is 0 Å². The number of benzene rings is 1. The van der Waals surface area contributed by atoms with E-state index in [9.17, 15) is 9.90 Å². The SMILES string of the molecule is COc1ccc(C(=O)CC(C)C)c(OCC(O)CNC(C)C)c1.Cl. The molecule has 0 aliphatic heterocycles. The zero-order valence-electron chi connectivity index (χ0n) is 15.2. The summed E-state index contributed by atoms with van der Waals surface area (Å²) in [5, 5.41) is 13.1. The smallest absolute Gasteiger partial charge is 0.166 e. The van der Waals surface area contributed by atoms with E-state index in [0.717, 1.165) is 0 Å². The van der Waals surface area contributed by atoms with Gasteiger partial charge in [-0.2, -0.15) is 0 Å². The molecular weight excluding hydrogens is 330 g/mol. The van der Waals surface area contributed by atoms with Crippen LogP contribution in [0.3, 0.4) is 0 Å². The highest BCUT2D eigenvalue weighted by Crippen LogP contribution is 2.27. The lowest BCUT2D eigenvalue weighted by molar-refractivity contribution is 0.0934. The molecule has 0 aliphatic carbocycles. The predicted octanol–water partition coefficient (Wildman–Crippen LogP) is 3.08. The van der Waals surface area contributed by atoms with Crippen molar-refractivity contribution in [3.63, 3.8) is 0 Å². The predicted molar refractivity (Wildman–Crippen MR) is 98.7 cm³/mol. The van der Waals surface area contributed by atoms with Gasteiger partial charge in [-0.1, -0.05) is 27.7 Å². The minimum absolute atomic E-state index is 0. The third-order valence-corrected chi connectivity index (χ3v) is 3.28. The van der Waals surface area contributed by atoms with Crippen LogP contribution in [0, 0.1) is 5.92 Å². The number of hydrogen-bond donors (Lipinski definition) is 2. The van der Waals surface area contributed by atoms with E-state index >= 15 is 0 Å². The Morgan fingerprint density at radius 2 is 1.92 bits per heavy atom. The summed E-state index contributed by atoms with van der Waals surface area (Å²) in [4.78, 5) is 12.3. The number of carbonyl (C=O) groups excluding carboxylic acids is 1. The molecule has 0 heterocycles. The second kappa shape index (κ2) is 11.3. The topological polar surface area (TPSA) is 67.8 Å². The quantitative estimate of drug-likeness (QED) is 0.628. The van der Waals surface area contributed by atoms with Crippen LogP contribution in [0.2, 0.25) is 0 Å². The van der Waals surface area contributed by atoms with Gasteiger partial charge < -0.3 is 19.9 Å². The zero-order valence-corrected chi connectivity index (χ0v) is 16.0. The Bertz CT molecular complexity index is 506. The molecule has 138 valence electrons. The Labute approximate surface area is 151 Å². The molecule has 1 unspecified atom stereocenters. The lowest BCUT2D eigenvalue weighted by Gasteiger charge is -2.17. The molecule has 1 aromatic rings. The van der Waals surface area contributed by atoms with Crippen LogP contribution in [0.4, 0.5) is 0 Å². The molecule has 6 heteroatoms. The van der Waals surface area contributed by atoms with Crippen molar-refractivity contribution in [2.24, 2.45) is 5.92 Å². The second-order valence-corrected chi connectivity index (χ2v) is 6.41. The number of ketones is 1. The highest BCUT2D eigenvalue weighted by molar-refractivity contribution is 5.99. The van der Waals surface area contributed by atoms with E-state index in [2.05, 4.69) is 5.32 Å². The first-order valence-corrected chi connectivity index (χ1v) is 8.09. The van der Waals surface area contributed by atoms with Gasteiger partial charge in [0.05, 0.1) is 12.7 Å². The van der Waals surface area contributed by atoms with E-state index in [0.29, 0.717) is 36.1 Å². The number of nitrogens with one attached hydrogen (secondary N) is 1. The summed E-state index contributed by atoms with van der Waals surface area (Å²) < 4.78 is 10.9. The summed E-state index contributed by atoms with van der Waals surface area (Å²) in [6.07, 6.45) is -0.184. The van der Waals surface area contributed by atoms with E-state index in [-0.39, 0.29) is 30.7 Å². The number of aliphatic hydroxyl groups excluding tert-OH is 1. The van der Waals surface area contributed by atoms with Crippen molar-refractivity contribution >= 4 is 18.2 Å². The molecule has 0 saturated carbocycles. The average molecular weight is 360 g/mol. The maximum Gasteiger partial charge on any atom is 0.166 e. The molecule has 1 aromatic carbocycles. The number of methoxy groups -OCH3 is 1. The number of hydrogen-bond acceptors (Lipinski definition) is 5. The maximum atomic E-state index is 12.3. The minimum atomic E-state index is -0.642. The van der Waals surface area contributed by atoms with Crippen molar-refractivity contribution in [1.82, 2.24) is 5.32 Å². The molecule has 1 atom stereocenters. The normalized spacial score (nSPS) is 12.0. The van der Waals surface area contributed by atoms with Crippen LogP contribution in [0.1, 0.15) is 44.5 Å². The summed E-state index contributed by atoms with van der Waals surface area (Å²) in [5.41, 5.74) is 0.531. The average Bonchev–Trinajstić information content (AvgIpc) is 2.49. The van der Waals surface area contributed by atoms with E-state index in [1.54, 1.807) is 25.3 Å². The van der Waals surface area contributed by atoms with Gasteiger partial charge in [0.25, 0.3) is 0 Å². The van der Waals surface area contributed by atoms with Crippen LogP contribution in [0.5, 0.6) is 11.5 Å². The molecule has 2 N–H and O–H groups in total. The van der Waals surface area contributed by atoms with Crippen LogP contribution in [-0.4, -0.2) is 43.3 Å². The van der Waals surface area contributed by atoms with Gasteiger partial charge in [-0.3, -0.25) is 4.79 Å². The molecule has 0 spiro atoms. The van der Waals surface area contributed by atoms with E-state index < -0.39 is 6.10 Å². The highest BCUT2D eigenvalue weighted by atomic mass is 35.5. The summed E-state index contributed by atoms with van der Waals surface area (Å²) in [5.74, 6) is 1.39. The van der Waals surface area contributed by atoms with Gasteiger partial charge in [0, 0.05) is 25.1 Å². The van der Waals surface area contributed by atoms with Gasteiger partial charge >= 0.3 is 0 Å².